The van der Waals surface area contributed by atoms with Crippen LogP contribution in [0, 0.1) is 7.14 Å². The number of amides is 1. The topological polar surface area (TPSA) is 38.3 Å². The molecule has 3 nitrogen and oxygen atoms in total. The Kier molecular flexibility index (Phi) is 5.44. The van der Waals surface area contributed by atoms with E-state index in [1.165, 1.54) is 0 Å². The van der Waals surface area contributed by atoms with E-state index in [1.807, 2.05) is 48.5 Å². The van der Waals surface area contributed by atoms with Gasteiger partial charge in [-0.05, 0) is 68.9 Å². The van der Waals surface area contributed by atoms with Gasteiger partial charge in [0.05, 0.1) is 0 Å². The maximum absolute atomic E-state index is 11.7. The summed E-state index contributed by atoms with van der Waals surface area (Å²) in [6.07, 6.45) is -0.443. The molecule has 1 N–H and O–H groups in total. The smallest absolute Gasteiger partial charge is 0.411 e. The van der Waals surface area contributed by atoms with Crippen LogP contribution in [0.25, 0.3) is 0 Å². The number of nitrogens with one attached hydrogen (secondary N) is 1. The van der Waals surface area contributed by atoms with Gasteiger partial charge in [-0.25, -0.2) is 4.79 Å². The van der Waals surface area contributed by atoms with Crippen molar-refractivity contribution in [3.8, 4) is 0 Å². The molecule has 0 bridgehead atoms. The molecule has 2 rings (SSSR count). The molecule has 0 unspecified atom stereocenters. The van der Waals surface area contributed by atoms with Crippen molar-refractivity contribution >= 4 is 57.0 Å². The first-order valence-electron chi connectivity index (χ1n) is 5.57. The maximum atomic E-state index is 11.7. The highest BCUT2D eigenvalue weighted by molar-refractivity contribution is 14.1. The SMILES string of the molecule is O=C(Nc1cc(I)cc(I)c1)OCc1ccccc1. The number of benzene rings is 2. The van der Waals surface area contributed by atoms with Gasteiger partial charge in [0.1, 0.15) is 6.61 Å². The van der Waals surface area contributed by atoms with E-state index in [9.17, 15) is 4.79 Å². The molecule has 0 saturated carbocycles. The number of ether oxygens (including phenoxy) is 1. The molecule has 0 aromatic heterocycles. The van der Waals surface area contributed by atoms with E-state index in [0.717, 1.165) is 18.4 Å². The van der Waals surface area contributed by atoms with Crippen molar-refractivity contribution in [2.24, 2.45) is 0 Å². The summed E-state index contributed by atoms with van der Waals surface area (Å²) in [6, 6.07) is 15.4. The van der Waals surface area contributed by atoms with Crippen LogP contribution in [0.15, 0.2) is 48.5 Å². The largest absolute Gasteiger partial charge is 0.444 e. The quantitative estimate of drug-likeness (QED) is 0.652. The molecule has 0 spiro atoms. The number of anilines is 1. The summed E-state index contributed by atoms with van der Waals surface area (Å²) in [5.41, 5.74) is 1.71. The molecule has 0 aliphatic heterocycles. The van der Waals surface area contributed by atoms with Crippen molar-refractivity contribution in [3.05, 3.63) is 61.2 Å². The van der Waals surface area contributed by atoms with E-state index in [2.05, 4.69) is 50.5 Å². The lowest BCUT2D eigenvalue weighted by atomic mass is 10.2. The molecule has 0 radical (unpaired) electrons. The summed E-state index contributed by atoms with van der Waals surface area (Å²) in [5.74, 6) is 0. The summed E-state index contributed by atoms with van der Waals surface area (Å²) in [5, 5.41) is 2.72. The van der Waals surface area contributed by atoms with Crippen LogP contribution < -0.4 is 5.32 Å². The van der Waals surface area contributed by atoms with E-state index >= 15 is 0 Å². The zero-order valence-corrected chi connectivity index (χ0v) is 14.2. The lowest BCUT2D eigenvalue weighted by Gasteiger charge is -2.08. The number of hydrogen-bond acceptors (Lipinski definition) is 2. The van der Waals surface area contributed by atoms with E-state index in [-0.39, 0.29) is 6.61 Å². The van der Waals surface area contributed by atoms with Crippen LogP contribution in [-0.4, -0.2) is 6.09 Å². The first-order valence-corrected chi connectivity index (χ1v) is 7.73. The van der Waals surface area contributed by atoms with Gasteiger partial charge in [-0.15, -0.1) is 0 Å². The average molecular weight is 479 g/mol. The van der Waals surface area contributed by atoms with Gasteiger partial charge in [-0.1, -0.05) is 30.3 Å². The predicted molar refractivity (Wildman–Crippen MR) is 92.1 cm³/mol. The van der Waals surface area contributed by atoms with Crippen molar-refractivity contribution in [2.45, 2.75) is 6.61 Å². The monoisotopic (exact) mass is 479 g/mol. The normalized spacial score (nSPS) is 10.0. The van der Waals surface area contributed by atoms with Gasteiger partial charge in [0.15, 0.2) is 0 Å². The average Bonchev–Trinajstić information content (AvgIpc) is 2.36. The molecule has 0 heterocycles. The number of hydrogen-bond donors (Lipinski definition) is 1. The molecule has 0 aliphatic rings. The van der Waals surface area contributed by atoms with Crippen molar-refractivity contribution in [1.82, 2.24) is 0 Å². The second kappa shape index (κ2) is 7.09. The van der Waals surface area contributed by atoms with E-state index < -0.39 is 6.09 Å². The van der Waals surface area contributed by atoms with E-state index in [0.29, 0.717) is 0 Å². The molecule has 2 aromatic carbocycles. The van der Waals surface area contributed by atoms with Crippen LogP contribution in [-0.2, 0) is 11.3 Å². The van der Waals surface area contributed by atoms with Gasteiger partial charge in [0.2, 0.25) is 0 Å². The van der Waals surface area contributed by atoms with Crippen LogP contribution in [0.2, 0.25) is 0 Å². The van der Waals surface area contributed by atoms with Gasteiger partial charge in [-0.2, -0.15) is 0 Å². The third-order valence-electron chi connectivity index (χ3n) is 2.32. The Bertz CT molecular complexity index is 553. The molecule has 0 atom stereocenters. The summed E-state index contributed by atoms with van der Waals surface area (Å²) >= 11 is 4.42. The number of halogens is 2. The molecular formula is C14H11I2NO2. The van der Waals surface area contributed by atoms with E-state index in [4.69, 9.17) is 4.74 Å². The number of rotatable bonds is 3. The fourth-order valence-corrected chi connectivity index (χ4v) is 3.44. The lowest BCUT2D eigenvalue weighted by molar-refractivity contribution is 0.155. The molecule has 0 saturated heterocycles. The second-order valence-corrected chi connectivity index (χ2v) is 6.34. The third-order valence-corrected chi connectivity index (χ3v) is 3.57. The minimum atomic E-state index is -0.443. The zero-order valence-electron chi connectivity index (χ0n) is 9.90. The molecule has 0 aliphatic carbocycles. The standard InChI is InChI=1S/C14H11I2NO2/c15-11-6-12(16)8-13(7-11)17-14(18)19-9-10-4-2-1-3-5-10/h1-8H,9H2,(H,17,18). The van der Waals surface area contributed by atoms with Crippen molar-refractivity contribution < 1.29 is 9.53 Å². The van der Waals surface area contributed by atoms with Crippen molar-refractivity contribution in [1.29, 1.82) is 0 Å². The number of carbonyl (C=O) groups excluding carboxylic acids is 1. The highest BCUT2D eigenvalue weighted by Crippen LogP contribution is 2.18. The van der Waals surface area contributed by atoms with Crippen molar-refractivity contribution in [3.63, 3.8) is 0 Å². The lowest BCUT2D eigenvalue weighted by Crippen LogP contribution is -2.13. The van der Waals surface area contributed by atoms with Crippen LogP contribution >= 0.6 is 45.2 Å². The van der Waals surface area contributed by atoms with Gasteiger partial charge in [0.25, 0.3) is 0 Å². The van der Waals surface area contributed by atoms with Gasteiger partial charge in [0, 0.05) is 12.8 Å². The Hall–Kier alpha value is -0.830. The highest BCUT2D eigenvalue weighted by atomic mass is 127. The Morgan fingerprint density at radius 2 is 1.68 bits per heavy atom. The van der Waals surface area contributed by atoms with Crippen LogP contribution in [0.1, 0.15) is 5.56 Å². The molecule has 98 valence electrons. The molecule has 5 heteroatoms. The highest BCUT2D eigenvalue weighted by Gasteiger charge is 2.05. The number of carbonyl (C=O) groups is 1. The minimum Gasteiger partial charge on any atom is -0.444 e. The van der Waals surface area contributed by atoms with Crippen LogP contribution in [0.3, 0.4) is 0 Å². The van der Waals surface area contributed by atoms with Crippen LogP contribution in [0.4, 0.5) is 10.5 Å². The Morgan fingerprint density at radius 3 is 2.32 bits per heavy atom. The zero-order chi connectivity index (χ0) is 13.7. The minimum absolute atomic E-state index is 0.272. The first kappa shape index (κ1) is 14.6. The second-order valence-electron chi connectivity index (χ2n) is 3.84. The fraction of sp³-hybridized carbons (Fsp3) is 0.0714. The predicted octanol–water partition coefficient (Wildman–Crippen LogP) is 4.64. The Morgan fingerprint density at radius 1 is 1.05 bits per heavy atom. The summed E-state index contributed by atoms with van der Waals surface area (Å²) in [7, 11) is 0. The summed E-state index contributed by atoms with van der Waals surface area (Å²) in [4.78, 5) is 11.7. The van der Waals surface area contributed by atoms with Crippen molar-refractivity contribution in [2.75, 3.05) is 5.32 Å². The molecule has 19 heavy (non-hydrogen) atoms. The Balaban J connectivity index is 1.91. The van der Waals surface area contributed by atoms with Gasteiger partial charge >= 0.3 is 6.09 Å². The first-order chi connectivity index (χ1) is 9.13. The third kappa shape index (κ3) is 4.98. The molecular weight excluding hydrogens is 468 g/mol. The summed E-state index contributed by atoms with van der Waals surface area (Å²) in [6.45, 7) is 0.272. The van der Waals surface area contributed by atoms with Gasteiger partial charge < -0.3 is 4.74 Å². The van der Waals surface area contributed by atoms with Crippen LogP contribution in [0.5, 0.6) is 0 Å². The Labute approximate surface area is 139 Å². The van der Waals surface area contributed by atoms with Gasteiger partial charge in [-0.3, -0.25) is 5.32 Å². The fourth-order valence-electron chi connectivity index (χ4n) is 1.50. The van der Waals surface area contributed by atoms with E-state index in [1.54, 1.807) is 0 Å². The molecule has 2 aromatic rings. The maximum Gasteiger partial charge on any atom is 0.411 e. The summed E-state index contributed by atoms with van der Waals surface area (Å²) < 4.78 is 7.30. The molecule has 0 fully saturated rings. The molecule has 1 amide bonds.